The second-order valence-electron chi connectivity index (χ2n) is 3.68. The van der Waals surface area contributed by atoms with Crippen molar-refractivity contribution in [3.8, 4) is 0 Å². The first-order valence-electron chi connectivity index (χ1n) is 4.95. The maximum absolute atomic E-state index is 6.05. The molecule has 2 heterocycles. The number of furan rings is 1. The van der Waals surface area contributed by atoms with Gasteiger partial charge in [0.1, 0.15) is 0 Å². The molecule has 0 saturated heterocycles. The van der Waals surface area contributed by atoms with E-state index in [9.17, 15) is 0 Å². The number of rotatable bonds is 3. The monoisotopic (exact) mass is 202 g/mol. The summed E-state index contributed by atoms with van der Waals surface area (Å²) in [6.45, 7) is 1.96. The molecule has 0 spiro atoms. The van der Waals surface area contributed by atoms with Gasteiger partial charge in [0.25, 0.3) is 0 Å². The van der Waals surface area contributed by atoms with Crippen molar-refractivity contribution in [2.75, 3.05) is 0 Å². The number of nitrogens with zero attached hydrogens (tertiary/aromatic N) is 1. The number of nitrogens with two attached hydrogens (primary N) is 1. The summed E-state index contributed by atoms with van der Waals surface area (Å²) in [7, 11) is 0. The maximum Gasteiger partial charge on any atom is 0.0935 e. The first-order valence-corrected chi connectivity index (χ1v) is 4.95. The molecule has 0 fully saturated rings. The van der Waals surface area contributed by atoms with Crippen molar-refractivity contribution >= 4 is 0 Å². The van der Waals surface area contributed by atoms with Crippen LogP contribution in [0.25, 0.3) is 0 Å². The van der Waals surface area contributed by atoms with Crippen molar-refractivity contribution in [2.24, 2.45) is 5.73 Å². The van der Waals surface area contributed by atoms with Gasteiger partial charge in [-0.05, 0) is 36.6 Å². The highest BCUT2D eigenvalue weighted by Crippen LogP contribution is 2.15. The number of aromatic nitrogens is 1. The summed E-state index contributed by atoms with van der Waals surface area (Å²) in [5, 5.41) is 0. The van der Waals surface area contributed by atoms with Crippen LogP contribution in [0.3, 0.4) is 0 Å². The van der Waals surface area contributed by atoms with Crippen LogP contribution >= 0.6 is 0 Å². The van der Waals surface area contributed by atoms with Gasteiger partial charge < -0.3 is 10.2 Å². The second-order valence-corrected chi connectivity index (χ2v) is 3.68. The number of hydrogen-bond donors (Lipinski definition) is 1. The molecular weight excluding hydrogens is 188 g/mol. The third kappa shape index (κ3) is 2.44. The molecule has 0 saturated carbocycles. The molecule has 3 nitrogen and oxygen atoms in total. The van der Waals surface area contributed by atoms with E-state index in [-0.39, 0.29) is 6.04 Å². The molecule has 0 amide bonds. The number of hydrogen-bond acceptors (Lipinski definition) is 3. The molecule has 2 aromatic rings. The standard InChI is InChI=1S/C12H14N2O/c1-9-2-3-11(7-14-9)12(13)6-10-4-5-15-8-10/h2-5,7-8,12H,6,13H2,1H3. The fourth-order valence-corrected chi connectivity index (χ4v) is 1.48. The molecule has 0 aliphatic heterocycles. The third-order valence-corrected chi connectivity index (χ3v) is 2.40. The first kappa shape index (κ1) is 9.93. The van der Waals surface area contributed by atoms with Gasteiger partial charge in [0.15, 0.2) is 0 Å². The van der Waals surface area contributed by atoms with E-state index in [2.05, 4.69) is 4.98 Å². The Bertz CT molecular complexity index is 406. The normalized spacial score (nSPS) is 12.7. The van der Waals surface area contributed by atoms with E-state index < -0.39 is 0 Å². The third-order valence-electron chi connectivity index (χ3n) is 2.40. The molecule has 1 unspecified atom stereocenters. The average molecular weight is 202 g/mol. The molecule has 0 aliphatic rings. The minimum atomic E-state index is -0.0179. The topological polar surface area (TPSA) is 52.0 Å². The Morgan fingerprint density at radius 1 is 1.40 bits per heavy atom. The molecule has 78 valence electrons. The zero-order valence-electron chi connectivity index (χ0n) is 8.68. The van der Waals surface area contributed by atoms with Crippen molar-refractivity contribution < 1.29 is 4.42 Å². The number of pyridine rings is 1. The lowest BCUT2D eigenvalue weighted by molar-refractivity contribution is 0.561. The van der Waals surface area contributed by atoms with Crippen LogP contribution in [0.1, 0.15) is 22.9 Å². The van der Waals surface area contributed by atoms with E-state index in [0.717, 1.165) is 23.2 Å². The Labute approximate surface area is 88.9 Å². The highest BCUT2D eigenvalue weighted by Gasteiger charge is 2.07. The average Bonchev–Trinajstić information content (AvgIpc) is 2.71. The molecule has 1 atom stereocenters. The molecule has 0 bridgehead atoms. The number of aryl methyl sites for hydroxylation is 1. The van der Waals surface area contributed by atoms with Gasteiger partial charge in [-0.3, -0.25) is 4.98 Å². The van der Waals surface area contributed by atoms with Crippen LogP contribution in [0.15, 0.2) is 41.3 Å². The van der Waals surface area contributed by atoms with Crippen LogP contribution < -0.4 is 5.73 Å². The smallest absolute Gasteiger partial charge is 0.0935 e. The van der Waals surface area contributed by atoms with Crippen molar-refractivity contribution in [3.63, 3.8) is 0 Å². The zero-order chi connectivity index (χ0) is 10.7. The summed E-state index contributed by atoms with van der Waals surface area (Å²) in [6, 6.07) is 5.91. The molecule has 15 heavy (non-hydrogen) atoms. The first-order chi connectivity index (χ1) is 7.25. The van der Waals surface area contributed by atoms with Crippen LogP contribution in [0.4, 0.5) is 0 Å². The van der Waals surface area contributed by atoms with E-state index in [4.69, 9.17) is 10.2 Å². The van der Waals surface area contributed by atoms with Crippen molar-refractivity contribution in [2.45, 2.75) is 19.4 Å². The predicted octanol–water partition coefficient (Wildman–Crippen LogP) is 2.23. The van der Waals surface area contributed by atoms with Gasteiger partial charge in [0, 0.05) is 17.9 Å². The molecule has 0 aromatic carbocycles. The van der Waals surface area contributed by atoms with Gasteiger partial charge in [-0.25, -0.2) is 0 Å². The van der Waals surface area contributed by atoms with Crippen molar-refractivity contribution in [3.05, 3.63) is 53.7 Å². The Morgan fingerprint density at radius 2 is 2.27 bits per heavy atom. The summed E-state index contributed by atoms with van der Waals surface area (Å²) in [4.78, 5) is 4.23. The molecule has 2 rings (SSSR count). The zero-order valence-corrected chi connectivity index (χ0v) is 8.68. The van der Waals surface area contributed by atoms with Crippen LogP contribution in [-0.2, 0) is 6.42 Å². The Hall–Kier alpha value is -1.61. The lowest BCUT2D eigenvalue weighted by atomic mass is 10.0. The summed E-state index contributed by atoms with van der Waals surface area (Å²) < 4.78 is 5.00. The lowest BCUT2D eigenvalue weighted by Gasteiger charge is -2.10. The summed E-state index contributed by atoms with van der Waals surface area (Å²) in [5.74, 6) is 0. The summed E-state index contributed by atoms with van der Waals surface area (Å²) >= 11 is 0. The summed E-state index contributed by atoms with van der Waals surface area (Å²) in [6.07, 6.45) is 6.00. The highest BCUT2D eigenvalue weighted by molar-refractivity contribution is 5.20. The SMILES string of the molecule is Cc1ccc(C(N)Cc2ccoc2)cn1. The van der Waals surface area contributed by atoms with Gasteiger partial charge in [-0.1, -0.05) is 6.07 Å². The van der Waals surface area contributed by atoms with E-state index in [1.54, 1.807) is 12.5 Å². The minimum Gasteiger partial charge on any atom is -0.472 e. The van der Waals surface area contributed by atoms with E-state index in [1.165, 1.54) is 0 Å². The van der Waals surface area contributed by atoms with Gasteiger partial charge in [-0.2, -0.15) is 0 Å². The molecule has 0 radical (unpaired) electrons. The minimum absolute atomic E-state index is 0.0179. The van der Waals surface area contributed by atoms with E-state index >= 15 is 0 Å². The van der Waals surface area contributed by atoms with E-state index in [0.29, 0.717) is 0 Å². The van der Waals surface area contributed by atoms with Gasteiger partial charge in [0.2, 0.25) is 0 Å². The lowest BCUT2D eigenvalue weighted by Crippen LogP contribution is -2.13. The summed E-state index contributed by atoms with van der Waals surface area (Å²) in [5.41, 5.74) is 9.23. The Morgan fingerprint density at radius 3 is 2.87 bits per heavy atom. The van der Waals surface area contributed by atoms with Crippen LogP contribution in [-0.4, -0.2) is 4.98 Å². The quantitative estimate of drug-likeness (QED) is 0.830. The molecule has 3 heteroatoms. The largest absolute Gasteiger partial charge is 0.472 e. The Kier molecular flexibility index (Phi) is 2.83. The maximum atomic E-state index is 6.05. The van der Waals surface area contributed by atoms with E-state index in [1.807, 2.05) is 31.3 Å². The highest BCUT2D eigenvalue weighted by atomic mass is 16.3. The molecule has 2 aromatic heterocycles. The Balaban J connectivity index is 2.08. The fourth-order valence-electron chi connectivity index (χ4n) is 1.48. The predicted molar refractivity (Wildman–Crippen MR) is 58.3 cm³/mol. The molecular formula is C12H14N2O. The van der Waals surface area contributed by atoms with Crippen LogP contribution in [0.5, 0.6) is 0 Å². The molecule has 2 N–H and O–H groups in total. The van der Waals surface area contributed by atoms with Crippen LogP contribution in [0, 0.1) is 6.92 Å². The van der Waals surface area contributed by atoms with Crippen LogP contribution in [0.2, 0.25) is 0 Å². The van der Waals surface area contributed by atoms with Gasteiger partial charge >= 0.3 is 0 Å². The van der Waals surface area contributed by atoms with Crippen molar-refractivity contribution in [1.29, 1.82) is 0 Å². The fraction of sp³-hybridized carbons (Fsp3) is 0.250. The van der Waals surface area contributed by atoms with Gasteiger partial charge in [0.05, 0.1) is 12.5 Å². The van der Waals surface area contributed by atoms with Gasteiger partial charge in [-0.15, -0.1) is 0 Å². The van der Waals surface area contributed by atoms with Crippen molar-refractivity contribution in [1.82, 2.24) is 4.98 Å². The second kappa shape index (κ2) is 4.28. The molecule has 0 aliphatic carbocycles.